The van der Waals surface area contributed by atoms with Crippen LogP contribution in [-0.4, -0.2) is 5.88 Å². The third-order valence-corrected chi connectivity index (χ3v) is 4.32. The Kier molecular flexibility index (Phi) is 3.76. The van der Waals surface area contributed by atoms with Gasteiger partial charge in [-0.1, -0.05) is 24.4 Å². The Morgan fingerprint density at radius 1 is 1.25 bits per heavy atom. The van der Waals surface area contributed by atoms with Gasteiger partial charge in [-0.25, -0.2) is 4.39 Å². The average Bonchev–Trinajstić information content (AvgIpc) is 2.73. The molecule has 1 saturated carbocycles. The first-order chi connectivity index (χ1) is 7.65. The van der Waals surface area contributed by atoms with Gasteiger partial charge < -0.3 is 0 Å². The summed E-state index contributed by atoms with van der Waals surface area (Å²) in [5.74, 6) is 0.444. The van der Waals surface area contributed by atoms with Crippen LogP contribution in [0.5, 0.6) is 0 Å². The van der Waals surface area contributed by atoms with Crippen LogP contribution >= 0.6 is 23.2 Å². The van der Waals surface area contributed by atoms with Crippen LogP contribution in [0.1, 0.15) is 31.2 Å². The smallest absolute Gasteiger partial charge is 0.126 e. The van der Waals surface area contributed by atoms with Crippen molar-refractivity contribution in [1.82, 2.24) is 0 Å². The van der Waals surface area contributed by atoms with Crippen molar-refractivity contribution in [2.24, 2.45) is 5.41 Å². The summed E-state index contributed by atoms with van der Waals surface area (Å²) in [6, 6.07) is 4.75. The molecule has 0 radical (unpaired) electrons. The van der Waals surface area contributed by atoms with E-state index in [-0.39, 0.29) is 11.2 Å². The summed E-state index contributed by atoms with van der Waals surface area (Å²) >= 11 is 11.9. The third-order valence-electron chi connectivity index (χ3n) is 3.52. The van der Waals surface area contributed by atoms with E-state index in [1.165, 1.54) is 18.9 Å². The molecule has 1 aliphatic carbocycles. The zero-order chi connectivity index (χ0) is 11.6. The summed E-state index contributed by atoms with van der Waals surface area (Å²) in [6.45, 7) is 0. The summed E-state index contributed by atoms with van der Waals surface area (Å²) in [5, 5.41) is 0.596. The topological polar surface area (TPSA) is 0 Å². The first-order valence-corrected chi connectivity index (χ1v) is 6.56. The zero-order valence-electron chi connectivity index (χ0n) is 9.11. The third kappa shape index (κ3) is 2.52. The van der Waals surface area contributed by atoms with Crippen LogP contribution in [0.25, 0.3) is 0 Å². The molecule has 0 heterocycles. The van der Waals surface area contributed by atoms with E-state index in [4.69, 9.17) is 23.2 Å². The van der Waals surface area contributed by atoms with E-state index in [9.17, 15) is 4.39 Å². The Hall–Kier alpha value is -0.270. The fourth-order valence-corrected chi connectivity index (χ4v) is 3.12. The maximum absolute atomic E-state index is 13.6. The van der Waals surface area contributed by atoms with Crippen LogP contribution < -0.4 is 0 Å². The van der Waals surface area contributed by atoms with Crippen LogP contribution in [0.3, 0.4) is 0 Å². The molecule has 3 heteroatoms. The van der Waals surface area contributed by atoms with Crippen molar-refractivity contribution in [1.29, 1.82) is 0 Å². The average molecular weight is 261 g/mol. The Balaban J connectivity index is 2.21. The minimum atomic E-state index is -0.166. The lowest BCUT2D eigenvalue weighted by Gasteiger charge is -2.26. The number of halogens is 3. The fourth-order valence-electron chi connectivity index (χ4n) is 2.57. The number of alkyl halides is 1. The van der Waals surface area contributed by atoms with Crippen molar-refractivity contribution in [2.75, 3.05) is 5.88 Å². The fraction of sp³-hybridized carbons (Fsp3) is 0.538. The maximum atomic E-state index is 13.6. The highest BCUT2D eigenvalue weighted by Crippen LogP contribution is 2.42. The van der Waals surface area contributed by atoms with Gasteiger partial charge in [-0.2, -0.15) is 0 Å². The summed E-state index contributed by atoms with van der Waals surface area (Å²) in [6.07, 6.45) is 5.32. The second-order valence-electron chi connectivity index (χ2n) is 4.75. The summed E-state index contributed by atoms with van der Waals surface area (Å²) in [4.78, 5) is 0. The van der Waals surface area contributed by atoms with E-state index in [0.29, 0.717) is 22.9 Å². The Labute approximate surface area is 106 Å². The van der Waals surface area contributed by atoms with Crippen LogP contribution in [0.15, 0.2) is 18.2 Å². The second kappa shape index (κ2) is 4.93. The van der Waals surface area contributed by atoms with Crippen molar-refractivity contribution in [2.45, 2.75) is 32.1 Å². The lowest BCUT2D eigenvalue weighted by Crippen LogP contribution is -2.22. The highest BCUT2D eigenvalue weighted by molar-refractivity contribution is 6.30. The Morgan fingerprint density at radius 3 is 2.56 bits per heavy atom. The molecule has 0 nitrogen and oxygen atoms in total. The van der Waals surface area contributed by atoms with Crippen molar-refractivity contribution in [3.8, 4) is 0 Å². The van der Waals surface area contributed by atoms with E-state index >= 15 is 0 Å². The van der Waals surface area contributed by atoms with Gasteiger partial charge in [-0.05, 0) is 48.4 Å². The van der Waals surface area contributed by atoms with Gasteiger partial charge in [0.15, 0.2) is 0 Å². The zero-order valence-corrected chi connectivity index (χ0v) is 10.6. The summed E-state index contributed by atoms with van der Waals surface area (Å²) in [7, 11) is 0. The number of hydrogen-bond donors (Lipinski definition) is 0. The van der Waals surface area contributed by atoms with Gasteiger partial charge in [0.1, 0.15) is 5.82 Å². The molecule has 0 aromatic heterocycles. The molecule has 88 valence electrons. The van der Waals surface area contributed by atoms with E-state index in [1.807, 2.05) is 0 Å². The van der Waals surface area contributed by atoms with Gasteiger partial charge in [-0.15, -0.1) is 11.6 Å². The van der Waals surface area contributed by atoms with Crippen LogP contribution in [0.4, 0.5) is 4.39 Å². The molecule has 16 heavy (non-hydrogen) atoms. The Morgan fingerprint density at radius 2 is 1.94 bits per heavy atom. The van der Waals surface area contributed by atoms with Crippen LogP contribution in [-0.2, 0) is 6.42 Å². The summed E-state index contributed by atoms with van der Waals surface area (Å²) < 4.78 is 13.6. The predicted molar refractivity (Wildman–Crippen MR) is 66.7 cm³/mol. The van der Waals surface area contributed by atoms with E-state index in [1.54, 1.807) is 12.1 Å². The van der Waals surface area contributed by atoms with E-state index in [2.05, 4.69) is 0 Å². The van der Waals surface area contributed by atoms with Crippen LogP contribution in [0, 0.1) is 11.2 Å². The molecule has 0 atom stereocenters. The van der Waals surface area contributed by atoms with Crippen LogP contribution in [0.2, 0.25) is 5.02 Å². The molecular weight excluding hydrogens is 246 g/mol. The van der Waals surface area contributed by atoms with E-state index in [0.717, 1.165) is 12.8 Å². The van der Waals surface area contributed by atoms with Crippen molar-refractivity contribution in [3.63, 3.8) is 0 Å². The molecule has 1 aromatic rings. The van der Waals surface area contributed by atoms with Gasteiger partial charge in [0, 0.05) is 10.9 Å². The highest BCUT2D eigenvalue weighted by atomic mass is 35.5. The monoisotopic (exact) mass is 260 g/mol. The maximum Gasteiger partial charge on any atom is 0.126 e. The molecular formula is C13H15Cl2F. The van der Waals surface area contributed by atoms with Gasteiger partial charge in [-0.3, -0.25) is 0 Å². The lowest BCUT2D eigenvalue weighted by molar-refractivity contribution is 0.335. The number of benzene rings is 1. The molecule has 0 spiro atoms. The molecule has 2 rings (SSSR count). The van der Waals surface area contributed by atoms with Crippen molar-refractivity contribution >= 4 is 23.2 Å². The SMILES string of the molecule is Fc1ccc(Cl)cc1CC1(CCl)CCCC1. The van der Waals surface area contributed by atoms with Crippen molar-refractivity contribution in [3.05, 3.63) is 34.6 Å². The van der Waals surface area contributed by atoms with Gasteiger partial charge in [0.2, 0.25) is 0 Å². The van der Waals surface area contributed by atoms with Gasteiger partial charge in [0.05, 0.1) is 0 Å². The molecule has 1 aliphatic rings. The van der Waals surface area contributed by atoms with Crippen molar-refractivity contribution < 1.29 is 4.39 Å². The highest BCUT2D eigenvalue weighted by Gasteiger charge is 2.33. The molecule has 0 amide bonds. The summed E-state index contributed by atoms with van der Waals surface area (Å²) in [5.41, 5.74) is 0.794. The quantitative estimate of drug-likeness (QED) is 0.684. The molecule has 0 saturated heterocycles. The largest absolute Gasteiger partial charge is 0.207 e. The molecule has 0 N–H and O–H groups in total. The minimum absolute atomic E-state index is 0.0904. The molecule has 0 aliphatic heterocycles. The van der Waals surface area contributed by atoms with E-state index < -0.39 is 0 Å². The second-order valence-corrected chi connectivity index (χ2v) is 5.46. The van der Waals surface area contributed by atoms with Gasteiger partial charge >= 0.3 is 0 Å². The molecule has 1 fully saturated rings. The standard InChI is InChI=1S/C13H15Cl2F/c14-9-13(5-1-2-6-13)8-10-7-11(15)3-4-12(10)16/h3-4,7H,1-2,5-6,8-9H2. The number of hydrogen-bond acceptors (Lipinski definition) is 0. The first-order valence-electron chi connectivity index (χ1n) is 5.65. The predicted octanol–water partition coefficient (Wildman–Crippen LogP) is 4.82. The lowest BCUT2D eigenvalue weighted by atomic mass is 9.82. The first kappa shape index (κ1) is 12.2. The Bertz CT molecular complexity index is 370. The minimum Gasteiger partial charge on any atom is -0.207 e. The molecule has 1 aromatic carbocycles. The number of rotatable bonds is 3. The molecule has 0 unspecified atom stereocenters. The normalized spacial score (nSPS) is 18.9. The molecule has 0 bridgehead atoms. The van der Waals surface area contributed by atoms with Gasteiger partial charge in [0.25, 0.3) is 0 Å².